The van der Waals surface area contributed by atoms with Crippen LogP contribution in [0.15, 0.2) is 41.3 Å². The van der Waals surface area contributed by atoms with E-state index in [1.165, 1.54) is 24.4 Å². The van der Waals surface area contributed by atoms with Gasteiger partial charge in [0.1, 0.15) is 6.17 Å². The molecule has 3 amide bonds. The van der Waals surface area contributed by atoms with Crippen LogP contribution < -0.4 is 26.4 Å². The third-order valence-corrected chi connectivity index (χ3v) is 6.34. The zero-order valence-corrected chi connectivity index (χ0v) is 17.4. The summed E-state index contributed by atoms with van der Waals surface area (Å²) >= 11 is 0. The molecule has 0 saturated carbocycles. The molecule has 31 heavy (non-hydrogen) atoms. The van der Waals surface area contributed by atoms with Crippen molar-refractivity contribution in [1.29, 1.82) is 0 Å². The fourth-order valence-electron chi connectivity index (χ4n) is 5.07. The Kier molecular flexibility index (Phi) is 4.97. The summed E-state index contributed by atoms with van der Waals surface area (Å²) in [5.41, 5.74) is 1.19. The Morgan fingerprint density at radius 2 is 1.90 bits per heavy atom. The van der Waals surface area contributed by atoms with Crippen LogP contribution in [0.4, 0.5) is 10.6 Å². The molecule has 0 radical (unpaired) electrons. The van der Waals surface area contributed by atoms with Gasteiger partial charge in [0.15, 0.2) is 0 Å². The van der Waals surface area contributed by atoms with E-state index in [4.69, 9.17) is 0 Å². The Bertz CT molecular complexity index is 1110. The molecule has 0 spiro atoms. The Morgan fingerprint density at radius 3 is 2.61 bits per heavy atom. The Morgan fingerprint density at radius 1 is 1.16 bits per heavy atom. The SMILES string of the molecule is CC(=O)NC1C=CN(c2nc3ccccc3n(C3CC4CCCC(C3)N4)c2=O)C(=O)N1. The van der Waals surface area contributed by atoms with Crippen molar-refractivity contribution in [2.75, 3.05) is 4.90 Å². The summed E-state index contributed by atoms with van der Waals surface area (Å²) in [6, 6.07) is 7.95. The number of rotatable bonds is 3. The number of para-hydroxylation sites is 2. The van der Waals surface area contributed by atoms with Gasteiger partial charge in [0.2, 0.25) is 11.7 Å². The number of hydrogen-bond acceptors (Lipinski definition) is 5. The van der Waals surface area contributed by atoms with Crippen LogP contribution in [0, 0.1) is 0 Å². The van der Waals surface area contributed by atoms with Crippen LogP contribution in [0.25, 0.3) is 11.0 Å². The van der Waals surface area contributed by atoms with Gasteiger partial charge in [-0.1, -0.05) is 18.6 Å². The van der Waals surface area contributed by atoms with E-state index in [0.29, 0.717) is 17.6 Å². The predicted molar refractivity (Wildman–Crippen MR) is 117 cm³/mol. The second kappa shape index (κ2) is 7.81. The summed E-state index contributed by atoms with van der Waals surface area (Å²) < 4.78 is 1.84. The molecule has 5 rings (SSSR count). The average molecular weight is 422 g/mol. The second-order valence-corrected chi connectivity index (χ2v) is 8.56. The molecule has 2 bridgehead atoms. The van der Waals surface area contributed by atoms with Gasteiger partial charge < -0.3 is 20.5 Å². The second-order valence-electron chi connectivity index (χ2n) is 8.56. The number of urea groups is 1. The van der Waals surface area contributed by atoms with Crippen LogP contribution in [0.2, 0.25) is 0 Å². The molecular formula is C22H26N6O3. The molecule has 9 heteroatoms. The van der Waals surface area contributed by atoms with Gasteiger partial charge >= 0.3 is 6.03 Å². The quantitative estimate of drug-likeness (QED) is 0.698. The first-order valence-corrected chi connectivity index (χ1v) is 10.8. The van der Waals surface area contributed by atoms with Crippen LogP contribution in [-0.4, -0.2) is 39.7 Å². The van der Waals surface area contributed by atoms with Crippen molar-refractivity contribution >= 4 is 28.8 Å². The molecule has 3 unspecified atom stereocenters. The van der Waals surface area contributed by atoms with Gasteiger partial charge in [-0.05, 0) is 43.9 Å². The molecule has 2 saturated heterocycles. The molecule has 3 atom stereocenters. The Balaban J connectivity index is 1.58. The van der Waals surface area contributed by atoms with Crippen LogP contribution in [0.3, 0.4) is 0 Å². The van der Waals surface area contributed by atoms with Gasteiger partial charge in [-0.2, -0.15) is 0 Å². The molecule has 3 N–H and O–H groups in total. The third-order valence-electron chi connectivity index (χ3n) is 6.34. The highest BCUT2D eigenvalue weighted by molar-refractivity contribution is 5.95. The van der Waals surface area contributed by atoms with Crippen LogP contribution >= 0.6 is 0 Å². The molecule has 4 heterocycles. The lowest BCUT2D eigenvalue weighted by Crippen LogP contribution is -2.54. The van der Waals surface area contributed by atoms with E-state index in [0.717, 1.165) is 31.2 Å². The van der Waals surface area contributed by atoms with E-state index < -0.39 is 12.2 Å². The minimum atomic E-state index is -0.618. The standard InChI is InChI=1S/C22H26N6O3/c1-13(29)23-19-9-10-27(22(31)26-19)20-21(30)28(18-8-3-2-7-17(18)25-20)16-11-14-5-4-6-15(12-16)24-14/h2-3,7-10,14-16,19,24H,4-6,11-12H2,1H3,(H,23,29)(H,26,31). The van der Waals surface area contributed by atoms with E-state index in [9.17, 15) is 14.4 Å². The summed E-state index contributed by atoms with van der Waals surface area (Å²) in [4.78, 5) is 43.5. The number of hydrogen-bond donors (Lipinski definition) is 3. The van der Waals surface area contributed by atoms with Crippen LogP contribution in [-0.2, 0) is 4.79 Å². The highest BCUT2D eigenvalue weighted by atomic mass is 16.2. The number of benzene rings is 1. The van der Waals surface area contributed by atoms with Gasteiger partial charge in [0.25, 0.3) is 5.56 Å². The summed E-state index contributed by atoms with van der Waals surface area (Å²) in [7, 11) is 0. The van der Waals surface area contributed by atoms with Crippen molar-refractivity contribution < 1.29 is 9.59 Å². The van der Waals surface area contributed by atoms with Crippen LogP contribution in [0.1, 0.15) is 45.1 Å². The zero-order chi connectivity index (χ0) is 21.5. The summed E-state index contributed by atoms with van der Waals surface area (Å²) in [5, 5.41) is 8.97. The number of carbonyl (C=O) groups excluding carboxylic acids is 2. The fourth-order valence-corrected chi connectivity index (χ4v) is 5.07. The number of nitrogens with one attached hydrogen (secondary N) is 3. The maximum atomic E-state index is 13.7. The van der Waals surface area contributed by atoms with Gasteiger partial charge in [-0.25, -0.2) is 14.7 Å². The first kappa shape index (κ1) is 19.7. The smallest absolute Gasteiger partial charge is 0.329 e. The van der Waals surface area contributed by atoms with Gasteiger partial charge in [0, 0.05) is 31.2 Å². The fraction of sp³-hybridized carbons (Fsp3) is 0.455. The van der Waals surface area contributed by atoms with Gasteiger partial charge in [-0.15, -0.1) is 0 Å². The summed E-state index contributed by atoms with van der Waals surface area (Å²) in [6.45, 7) is 1.38. The van der Waals surface area contributed by atoms with Crippen molar-refractivity contribution in [3.05, 3.63) is 46.9 Å². The topological polar surface area (TPSA) is 108 Å². The predicted octanol–water partition coefficient (Wildman–Crippen LogP) is 1.75. The van der Waals surface area contributed by atoms with E-state index >= 15 is 0 Å². The zero-order valence-electron chi connectivity index (χ0n) is 17.4. The number of nitrogens with zero attached hydrogens (tertiary/aromatic N) is 3. The molecule has 3 aliphatic heterocycles. The minimum Gasteiger partial charge on any atom is -0.333 e. The van der Waals surface area contributed by atoms with E-state index in [1.54, 1.807) is 6.08 Å². The van der Waals surface area contributed by atoms with E-state index in [-0.39, 0.29) is 23.3 Å². The number of fused-ring (bicyclic) bond motifs is 3. The van der Waals surface area contributed by atoms with E-state index in [1.807, 2.05) is 28.8 Å². The summed E-state index contributed by atoms with van der Waals surface area (Å²) in [5.74, 6) is -0.191. The van der Waals surface area contributed by atoms with Crippen molar-refractivity contribution in [2.24, 2.45) is 0 Å². The number of amides is 3. The number of carbonyl (C=O) groups is 2. The first-order valence-electron chi connectivity index (χ1n) is 10.8. The van der Waals surface area contributed by atoms with E-state index in [2.05, 4.69) is 20.9 Å². The monoisotopic (exact) mass is 422 g/mol. The van der Waals surface area contributed by atoms with Crippen molar-refractivity contribution in [2.45, 2.75) is 63.3 Å². The lowest BCUT2D eigenvalue weighted by Gasteiger charge is -2.41. The van der Waals surface area contributed by atoms with Crippen molar-refractivity contribution in [1.82, 2.24) is 25.5 Å². The molecule has 2 fully saturated rings. The largest absolute Gasteiger partial charge is 0.333 e. The third kappa shape index (κ3) is 3.69. The van der Waals surface area contributed by atoms with Crippen molar-refractivity contribution in [3.63, 3.8) is 0 Å². The Labute approximate surface area is 179 Å². The minimum absolute atomic E-state index is 0.0552. The molecule has 1 aromatic carbocycles. The lowest BCUT2D eigenvalue weighted by molar-refractivity contribution is -0.119. The normalized spacial score (nSPS) is 27.8. The maximum absolute atomic E-state index is 13.7. The molecular weight excluding hydrogens is 396 g/mol. The highest BCUT2D eigenvalue weighted by Gasteiger charge is 2.34. The number of aromatic nitrogens is 2. The van der Waals surface area contributed by atoms with Crippen LogP contribution in [0.5, 0.6) is 0 Å². The Hall–Kier alpha value is -3.20. The first-order chi connectivity index (χ1) is 15.0. The molecule has 0 aliphatic carbocycles. The molecule has 9 nitrogen and oxygen atoms in total. The molecule has 2 aromatic rings. The highest BCUT2D eigenvalue weighted by Crippen LogP contribution is 2.34. The lowest BCUT2D eigenvalue weighted by atomic mass is 9.84. The molecule has 3 aliphatic rings. The summed E-state index contributed by atoms with van der Waals surface area (Å²) in [6.07, 6.45) is 7.75. The van der Waals surface area contributed by atoms with Crippen molar-refractivity contribution in [3.8, 4) is 0 Å². The maximum Gasteiger partial charge on any atom is 0.329 e. The van der Waals surface area contributed by atoms with Gasteiger partial charge in [0.05, 0.1) is 11.0 Å². The average Bonchev–Trinajstić information content (AvgIpc) is 2.73. The number of anilines is 1. The van der Waals surface area contributed by atoms with Gasteiger partial charge in [-0.3, -0.25) is 9.59 Å². The molecule has 162 valence electrons. The number of piperidine rings is 2. The molecule has 1 aromatic heterocycles.